The number of nitrogens with zero attached hydrogens (tertiary/aromatic N) is 2. The van der Waals surface area contributed by atoms with Crippen LogP contribution >= 0.6 is 0 Å². The molecule has 6 rings (SSSR count). The van der Waals surface area contributed by atoms with Crippen molar-refractivity contribution in [3.63, 3.8) is 0 Å². The lowest BCUT2D eigenvalue weighted by Gasteiger charge is -2.28. The molecule has 2 fully saturated rings. The van der Waals surface area contributed by atoms with Crippen LogP contribution in [0.25, 0.3) is 10.8 Å². The van der Waals surface area contributed by atoms with Crippen molar-refractivity contribution >= 4 is 34.0 Å². The minimum absolute atomic E-state index is 0.132. The van der Waals surface area contributed by atoms with Crippen molar-refractivity contribution in [2.45, 2.75) is 12.1 Å². The van der Waals surface area contributed by atoms with E-state index < -0.39 is 18.1 Å². The average molecular weight is 436 g/mol. The van der Waals surface area contributed by atoms with E-state index in [1.54, 1.807) is 35.4 Å². The first kappa shape index (κ1) is 19.5. The fraction of sp³-hybridized carbons (Fsp3) is 0.111. The lowest BCUT2D eigenvalue weighted by Crippen LogP contribution is -2.37. The number of benzene rings is 4. The second-order valence-electron chi connectivity index (χ2n) is 8.29. The largest absolute Gasteiger partial charge is 0.508 e. The number of carbonyl (C=O) groups is 2. The fourth-order valence-corrected chi connectivity index (χ4v) is 4.79. The van der Waals surface area contributed by atoms with E-state index in [9.17, 15) is 14.7 Å². The Labute approximate surface area is 190 Å². The van der Waals surface area contributed by atoms with Crippen molar-refractivity contribution < 1.29 is 19.5 Å². The van der Waals surface area contributed by atoms with Gasteiger partial charge in [-0.05, 0) is 52.7 Å². The number of hydrogen-bond donors (Lipinski definition) is 1. The first-order valence-corrected chi connectivity index (χ1v) is 10.8. The Morgan fingerprint density at radius 1 is 0.697 bits per heavy atom. The van der Waals surface area contributed by atoms with Gasteiger partial charge < -0.3 is 5.11 Å². The molecule has 6 heteroatoms. The van der Waals surface area contributed by atoms with Crippen molar-refractivity contribution in [3.8, 4) is 5.75 Å². The van der Waals surface area contributed by atoms with E-state index in [0.29, 0.717) is 5.69 Å². The molecule has 2 aliphatic rings. The molecule has 3 atom stereocenters. The summed E-state index contributed by atoms with van der Waals surface area (Å²) >= 11 is 0. The number of anilines is 2. The summed E-state index contributed by atoms with van der Waals surface area (Å²) in [4.78, 5) is 34.6. The first-order valence-electron chi connectivity index (χ1n) is 10.8. The highest BCUT2D eigenvalue weighted by atomic mass is 16.7. The number of phenols is 1. The maximum Gasteiger partial charge on any atom is 0.266 e. The van der Waals surface area contributed by atoms with Crippen LogP contribution in [0, 0.1) is 5.92 Å². The second kappa shape index (κ2) is 7.46. The van der Waals surface area contributed by atoms with E-state index in [1.807, 2.05) is 66.7 Å². The highest BCUT2D eigenvalue weighted by Gasteiger charge is 2.60. The van der Waals surface area contributed by atoms with Gasteiger partial charge in [0.2, 0.25) is 5.91 Å². The van der Waals surface area contributed by atoms with Gasteiger partial charge in [-0.3, -0.25) is 14.4 Å². The minimum Gasteiger partial charge on any atom is -0.508 e. The Morgan fingerprint density at radius 3 is 2.15 bits per heavy atom. The van der Waals surface area contributed by atoms with Crippen LogP contribution in [0.3, 0.4) is 0 Å². The normalized spacial score (nSPS) is 22.2. The van der Waals surface area contributed by atoms with Crippen LogP contribution in [0.15, 0.2) is 97.1 Å². The lowest BCUT2D eigenvalue weighted by atomic mass is 9.90. The zero-order chi connectivity index (χ0) is 22.5. The zero-order valence-corrected chi connectivity index (χ0v) is 17.5. The third kappa shape index (κ3) is 3.07. The van der Waals surface area contributed by atoms with Gasteiger partial charge in [-0.15, -0.1) is 0 Å². The maximum atomic E-state index is 13.7. The second-order valence-corrected chi connectivity index (χ2v) is 8.29. The first-order chi connectivity index (χ1) is 16.1. The molecule has 0 unspecified atom stereocenters. The maximum absolute atomic E-state index is 13.7. The molecule has 0 spiro atoms. The number of amides is 2. The summed E-state index contributed by atoms with van der Waals surface area (Å²) in [5, 5.41) is 13.4. The number of aromatic hydroxyl groups is 1. The predicted octanol–water partition coefficient (Wildman–Crippen LogP) is 4.60. The summed E-state index contributed by atoms with van der Waals surface area (Å²) in [7, 11) is 0. The van der Waals surface area contributed by atoms with E-state index in [-0.39, 0.29) is 17.6 Å². The summed E-state index contributed by atoms with van der Waals surface area (Å²) in [5.41, 5.74) is 2.07. The summed E-state index contributed by atoms with van der Waals surface area (Å²) in [5.74, 6) is -1.25. The molecule has 2 amide bonds. The molecular weight excluding hydrogens is 416 g/mol. The molecular formula is C27H20N2O4. The molecule has 1 N–H and O–H groups in total. The van der Waals surface area contributed by atoms with Crippen molar-refractivity contribution in [2.24, 2.45) is 5.92 Å². The van der Waals surface area contributed by atoms with Gasteiger partial charge in [-0.1, -0.05) is 60.7 Å². The third-order valence-corrected chi connectivity index (χ3v) is 6.35. The van der Waals surface area contributed by atoms with Crippen LogP contribution < -0.4 is 9.96 Å². The number of phenolic OH excluding ortho intramolecular Hbond substituents is 1. The number of hydroxylamine groups is 1. The Kier molecular flexibility index (Phi) is 4.41. The van der Waals surface area contributed by atoms with Crippen LogP contribution in [0.1, 0.15) is 11.6 Å². The number of rotatable bonds is 3. The molecule has 0 bridgehead atoms. The Bertz CT molecular complexity index is 1370. The molecule has 0 saturated carbocycles. The van der Waals surface area contributed by atoms with Gasteiger partial charge in [-0.2, -0.15) is 0 Å². The molecule has 4 aromatic rings. The molecule has 2 saturated heterocycles. The molecule has 162 valence electrons. The van der Waals surface area contributed by atoms with Crippen molar-refractivity contribution in [1.82, 2.24) is 0 Å². The number of hydrogen-bond acceptors (Lipinski definition) is 5. The van der Waals surface area contributed by atoms with Gasteiger partial charge in [0.1, 0.15) is 11.7 Å². The zero-order valence-electron chi connectivity index (χ0n) is 17.5. The van der Waals surface area contributed by atoms with Gasteiger partial charge in [-0.25, -0.2) is 9.96 Å². The topological polar surface area (TPSA) is 70.1 Å². The standard InChI is InChI=1S/C27H20N2O4/c30-22-14-11-18(12-15-22)24-23-25(33-29(24)20-8-2-1-3-9-20)27(32)28(26(23)31)21-13-10-17-6-4-5-7-19(17)16-21/h1-16,23-25,30H/t23-,24-,25-/m1/s1. The third-order valence-electron chi connectivity index (χ3n) is 6.35. The fourth-order valence-electron chi connectivity index (χ4n) is 4.79. The van der Waals surface area contributed by atoms with E-state index in [2.05, 4.69) is 0 Å². The average Bonchev–Trinajstić information content (AvgIpc) is 3.36. The Hall–Kier alpha value is -4.16. The minimum atomic E-state index is -0.928. The summed E-state index contributed by atoms with van der Waals surface area (Å²) in [6.07, 6.45) is -0.928. The van der Waals surface area contributed by atoms with E-state index in [0.717, 1.165) is 22.0 Å². The summed E-state index contributed by atoms with van der Waals surface area (Å²) in [6.45, 7) is 0. The summed E-state index contributed by atoms with van der Waals surface area (Å²) < 4.78 is 0. The van der Waals surface area contributed by atoms with Crippen LogP contribution in [0.4, 0.5) is 11.4 Å². The van der Waals surface area contributed by atoms with E-state index in [4.69, 9.17) is 4.84 Å². The molecule has 4 aromatic carbocycles. The van der Waals surface area contributed by atoms with Crippen molar-refractivity contribution in [2.75, 3.05) is 9.96 Å². The van der Waals surface area contributed by atoms with E-state index >= 15 is 0 Å². The van der Waals surface area contributed by atoms with Crippen LogP contribution in [-0.4, -0.2) is 23.0 Å². The molecule has 33 heavy (non-hydrogen) atoms. The number of fused-ring (bicyclic) bond motifs is 2. The quantitative estimate of drug-likeness (QED) is 0.476. The molecule has 2 aliphatic heterocycles. The monoisotopic (exact) mass is 436 g/mol. The van der Waals surface area contributed by atoms with Gasteiger partial charge in [0.05, 0.1) is 17.4 Å². The molecule has 0 aromatic heterocycles. The van der Waals surface area contributed by atoms with Crippen molar-refractivity contribution in [3.05, 3.63) is 103 Å². The molecule has 0 radical (unpaired) electrons. The number of imide groups is 1. The Morgan fingerprint density at radius 2 is 1.39 bits per heavy atom. The van der Waals surface area contributed by atoms with E-state index in [1.165, 1.54) is 4.90 Å². The van der Waals surface area contributed by atoms with Crippen LogP contribution in [-0.2, 0) is 14.4 Å². The van der Waals surface area contributed by atoms with Crippen LogP contribution in [0.2, 0.25) is 0 Å². The molecule has 0 aliphatic carbocycles. The molecule has 6 nitrogen and oxygen atoms in total. The smallest absolute Gasteiger partial charge is 0.266 e. The van der Waals surface area contributed by atoms with Gasteiger partial charge in [0, 0.05) is 0 Å². The number of para-hydroxylation sites is 1. The lowest BCUT2D eigenvalue weighted by molar-refractivity contribution is -0.126. The highest BCUT2D eigenvalue weighted by Crippen LogP contribution is 2.47. The van der Waals surface area contributed by atoms with Gasteiger partial charge in [0.15, 0.2) is 6.10 Å². The summed E-state index contributed by atoms with van der Waals surface area (Å²) in [6, 6.07) is 29.0. The van der Waals surface area contributed by atoms with Gasteiger partial charge >= 0.3 is 0 Å². The Balaban J connectivity index is 1.43. The van der Waals surface area contributed by atoms with Crippen molar-refractivity contribution in [1.29, 1.82) is 0 Å². The van der Waals surface area contributed by atoms with Gasteiger partial charge in [0.25, 0.3) is 5.91 Å². The molecule has 2 heterocycles. The SMILES string of the molecule is O=C1[C@@H]2[C@@H](c3ccc(O)cc3)N(c3ccccc3)O[C@H]2C(=O)N1c1ccc2ccccc2c1. The highest BCUT2D eigenvalue weighted by molar-refractivity contribution is 6.24. The van der Waals surface area contributed by atoms with Crippen LogP contribution in [0.5, 0.6) is 5.75 Å². The number of carbonyl (C=O) groups excluding carboxylic acids is 2. The predicted molar refractivity (Wildman–Crippen MR) is 125 cm³/mol.